The largest absolute Gasteiger partial charge is 0.476 e. The van der Waals surface area contributed by atoms with Gasteiger partial charge in [-0.3, -0.25) is 4.79 Å². The van der Waals surface area contributed by atoms with Crippen molar-refractivity contribution in [1.29, 1.82) is 0 Å². The Hall–Kier alpha value is -1.99. The van der Waals surface area contributed by atoms with E-state index in [2.05, 4.69) is 31.2 Å². The van der Waals surface area contributed by atoms with Crippen LogP contribution >= 0.6 is 27.5 Å². The molecule has 1 heterocycles. The standard InChI is InChI=1S/C12H7BrClN3O3/c13-7-2-1-6(5-8(7)14)11(18)17-10-9(12(19)20)15-3-4-16-10/h1-5H,(H,19,20)(H,16,17,18). The molecule has 6 nitrogen and oxygen atoms in total. The van der Waals surface area contributed by atoms with Crippen LogP contribution in [0.3, 0.4) is 0 Å². The second-order valence-corrected chi connectivity index (χ2v) is 4.90. The molecular formula is C12H7BrClN3O3. The summed E-state index contributed by atoms with van der Waals surface area (Å²) < 4.78 is 0.654. The summed E-state index contributed by atoms with van der Waals surface area (Å²) in [4.78, 5) is 30.4. The second kappa shape index (κ2) is 5.98. The van der Waals surface area contributed by atoms with Crippen molar-refractivity contribution in [2.45, 2.75) is 0 Å². The number of amides is 1. The van der Waals surface area contributed by atoms with Crippen molar-refractivity contribution in [3.8, 4) is 0 Å². The van der Waals surface area contributed by atoms with E-state index >= 15 is 0 Å². The summed E-state index contributed by atoms with van der Waals surface area (Å²) in [5.74, 6) is -1.92. The van der Waals surface area contributed by atoms with Crippen LogP contribution in [0.2, 0.25) is 5.02 Å². The monoisotopic (exact) mass is 355 g/mol. The van der Waals surface area contributed by atoms with Crippen LogP contribution in [0.25, 0.3) is 0 Å². The summed E-state index contributed by atoms with van der Waals surface area (Å²) in [6, 6.07) is 4.62. The molecule has 102 valence electrons. The van der Waals surface area contributed by atoms with Gasteiger partial charge < -0.3 is 10.4 Å². The van der Waals surface area contributed by atoms with Gasteiger partial charge in [0.2, 0.25) is 0 Å². The summed E-state index contributed by atoms with van der Waals surface area (Å²) in [7, 11) is 0. The Kier molecular flexibility index (Phi) is 4.31. The fourth-order valence-corrected chi connectivity index (χ4v) is 1.83. The lowest BCUT2D eigenvalue weighted by atomic mass is 10.2. The molecule has 1 aromatic carbocycles. The van der Waals surface area contributed by atoms with E-state index in [4.69, 9.17) is 16.7 Å². The Morgan fingerprint density at radius 1 is 1.25 bits per heavy atom. The maximum atomic E-state index is 12.0. The minimum absolute atomic E-state index is 0.121. The molecule has 0 bridgehead atoms. The first-order valence-corrected chi connectivity index (χ1v) is 6.47. The third kappa shape index (κ3) is 3.12. The molecule has 0 radical (unpaired) electrons. The predicted molar refractivity (Wildman–Crippen MR) is 76.1 cm³/mol. The molecule has 0 unspecified atom stereocenters. The van der Waals surface area contributed by atoms with Gasteiger partial charge in [0.25, 0.3) is 5.91 Å². The normalized spacial score (nSPS) is 10.1. The lowest BCUT2D eigenvalue weighted by molar-refractivity contribution is 0.0691. The molecule has 1 aromatic heterocycles. The van der Waals surface area contributed by atoms with Gasteiger partial charge in [0, 0.05) is 22.4 Å². The van der Waals surface area contributed by atoms with Gasteiger partial charge >= 0.3 is 5.97 Å². The number of aromatic nitrogens is 2. The van der Waals surface area contributed by atoms with Crippen LogP contribution in [0, 0.1) is 0 Å². The number of carbonyl (C=O) groups is 2. The number of carboxylic acids is 1. The second-order valence-electron chi connectivity index (χ2n) is 3.64. The number of nitrogens with one attached hydrogen (secondary N) is 1. The molecule has 0 fully saturated rings. The lowest BCUT2D eigenvalue weighted by Crippen LogP contribution is -2.17. The van der Waals surface area contributed by atoms with Gasteiger partial charge in [0.15, 0.2) is 11.5 Å². The van der Waals surface area contributed by atoms with Gasteiger partial charge in [-0.25, -0.2) is 14.8 Å². The number of carbonyl (C=O) groups excluding carboxylic acids is 1. The lowest BCUT2D eigenvalue weighted by Gasteiger charge is -2.07. The van der Waals surface area contributed by atoms with Crippen LogP contribution in [0.1, 0.15) is 20.8 Å². The highest BCUT2D eigenvalue weighted by Gasteiger charge is 2.16. The van der Waals surface area contributed by atoms with Gasteiger partial charge in [0.1, 0.15) is 0 Å². The quantitative estimate of drug-likeness (QED) is 0.882. The number of nitrogens with zero attached hydrogens (tertiary/aromatic N) is 2. The van der Waals surface area contributed by atoms with E-state index in [-0.39, 0.29) is 17.1 Å². The molecule has 0 saturated heterocycles. The molecule has 20 heavy (non-hydrogen) atoms. The number of halogens is 2. The fourth-order valence-electron chi connectivity index (χ4n) is 1.40. The van der Waals surface area contributed by atoms with Crippen molar-refractivity contribution in [1.82, 2.24) is 9.97 Å². The third-order valence-corrected chi connectivity index (χ3v) is 3.55. The van der Waals surface area contributed by atoms with Crippen molar-refractivity contribution >= 4 is 45.2 Å². The Labute approximate surface area is 126 Å². The molecule has 8 heteroatoms. The first kappa shape index (κ1) is 14.4. The van der Waals surface area contributed by atoms with Crippen LogP contribution < -0.4 is 5.32 Å². The highest BCUT2D eigenvalue weighted by molar-refractivity contribution is 9.10. The summed E-state index contributed by atoms with van der Waals surface area (Å²) in [5, 5.41) is 11.7. The molecule has 0 aliphatic carbocycles. The van der Waals surface area contributed by atoms with Gasteiger partial charge in [-0.2, -0.15) is 0 Å². The number of benzene rings is 1. The Morgan fingerprint density at radius 3 is 2.60 bits per heavy atom. The zero-order chi connectivity index (χ0) is 14.7. The fraction of sp³-hybridized carbons (Fsp3) is 0. The van der Waals surface area contributed by atoms with E-state index in [1.54, 1.807) is 12.1 Å². The average molecular weight is 357 g/mol. The van der Waals surface area contributed by atoms with Crippen LogP contribution in [0.4, 0.5) is 5.82 Å². The van der Waals surface area contributed by atoms with E-state index in [9.17, 15) is 9.59 Å². The highest BCUT2D eigenvalue weighted by Crippen LogP contribution is 2.23. The number of anilines is 1. The molecule has 0 saturated carbocycles. The number of aromatic carboxylic acids is 1. The minimum Gasteiger partial charge on any atom is -0.476 e. The molecule has 1 amide bonds. The Morgan fingerprint density at radius 2 is 1.95 bits per heavy atom. The van der Waals surface area contributed by atoms with Crippen molar-refractivity contribution in [2.24, 2.45) is 0 Å². The molecule has 2 aromatic rings. The molecule has 0 spiro atoms. The maximum Gasteiger partial charge on any atom is 0.358 e. The number of hydrogen-bond donors (Lipinski definition) is 2. The third-order valence-electron chi connectivity index (χ3n) is 2.31. The molecule has 0 aliphatic rings. The first-order chi connectivity index (χ1) is 9.49. The maximum absolute atomic E-state index is 12.0. The minimum atomic E-state index is -1.28. The van der Waals surface area contributed by atoms with Gasteiger partial charge in [0.05, 0.1) is 5.02 Å². The zero-order valence-electron chi connectivity index (χ0n) is 9.80. The van der Waals surface area contributed by atoms with Crippen molar-refractivity contribution < 1.29 is 14.7 Å². The Bertz CT molecular complexity index is 693. The zero-order valence-corrected chi connectivity index (χ0v) is 12.1. The van der Waals surface area contributed by atoms with Crippen LogP contribution in [-0.4, -0.2) is 27.0 Å². The molecule has 2 rings (SSSR count). The molecule has 2 N–H and O–H groups in total. The van der Waals surface area contributed by atoms with Crippen LogP contribution in [0.5, 0.6) is 0 Å². The van der Waals surface area contributed by atoms with E-state index < -0.39 is 11.9 Å². The molecule has 0 atom stereocenters. The van der Waals surface area contributed by atoms with Crippen molar-refractivity contribution in [3.05, 3.63) is 51.3 Å². The smallest absolute Gasteiger partial charge is 0.358 e. The molecule has 0 aliphatic heterocycles. The summed E-state index contributed by atoms with van der Waals surface area (Å²) >= 11 is 9.11. The number of hydrogen-bond acceptors (Lipinski definition) is 4. The van der Waals surface area contributed by atoms with E-state index in [1.165, 1.54) is 18.5 Å². The summed E-state index contributed by atoms with van der Waals surface area (Å²) in [6.07, 6.45) is 2.52. The predicted octanol–water partition coefficient (Wildman–Crippen LogP) is 2.84. The first-order valence-electron chi connectivity index (χ1n) is 5.29. The van der Waals surface area contributed by atoms with Gasteiger partial charge in [-0.15, -0.1) is 0 Å². The van der Waals surface area contributed by atoms with Gasteiger partial charge in [-0.05, 0) is 34.1 Å². The summed E-state index contributed by atoms with van der Waals surface area (Å²) in [5.41, 5.74) is -0.0516. The molecular weight excluding hydrogens is 350 g/mol. The number of carboxylic acid groups (broad SMARTS) is 1. The van der Waals surface area contributed by atoms with Crippen LogP contribution in [0.15, 0.2) is 35.1 Å². The van der Waals surface area contributed by atoms with Crippen LogP contribution in [-0.2, 0) is 0 Å². The van der Waals surface area contributed by atoms with Gasteiger partial charge in [-0.1, -0.05) is 11.6 Å². The Balaban J connectivity index is 2.28. The van der Waals surface area contributed by atoms with Crippen molar-refractivity contribution in [2.75, 3.05) is 5.32 Å². The average Bonchev–Trinajstić information content (AvgIpc) is 2.42. The number of rotatable bonds is 3. The van der Waals surface area contributed by atoms with E-state index in [1.807, 2.05) is 0 Å². The topological polar surface area (TPSA) is 92.2 Å². The van der Waals surface area contributed by atoms with E-state index in [0.717, 1.165) is 0 Å². The van der Waals surface area contributed by atoms with Crippen molar-refractivity contribution in [3.63, 3.8) is 0 Å². The highest BCUT2D eigenvalue weighted by atomic mass is 79.9. The van der Waals surface area contributed by atoms with E-state index in [0.29, 0.717) is 9.50 Å². The SMILES string of the molecule is O=C(Nc1nccnc1C(=O)O)c1ccc(Br)c(Cl)c1. The summed E-state index contributed by atoms with van der Waals surface area (Å²) in [6.45, 7) is 0.